The van der Waals surface area contributed by atoms with Crippen LogP contribution in [0.15, 0.2) is 35.3 Å². The van der Waals surface area contributed by atoms with Crippen LogP contribution in [0.25, 0.3) is 0 Å². The molecule has 136 valence electrons. The van der Waals surface area contributed by atoms with Gasteiger partial charge in [-0.1, -0.05) is 43.7 Å². The van der Waals surface area contributed by atoms with E-state index in [9.17, 15) is 5.11 Å². The van der Waals surface area contributed by atoms with E-state index in [2.05, 4.69) is 22.5 Å². The van der Waals surface area contributed by atoms with Crippen molar-refractivity contribution in [3.05, 3.63) is 35.9 Å². The highest BCUT2D eigenvalue weighted by Crippen LogP contribution is 2.14. The number of aliphatic hydroxyl groups is 1. The average molecular weight is 335 g/mol. The minimum atomic E-state index is 0.0269. The molecule has 1 aromatic rings. The minimum Gasteiger partial charge on any atom is -0.396 e. The topological polar surface area (TPSA) is 65.9 Å². The van der Waals surface area contributed by atoms with E-state index in [-0.39, 0.29) is 12.5 Å². The van der Waals surface area contributed by atoms with E-state index in [0.717, 1.165) is 50.7 Å². The first-order valence-electron chi connectivity index (χ1n) is 9.07. The average Bonchev–Trinajstić information content (AvgIpc) is 2.62. The summed E-state index contributed by atoms with van der Waals surface area (Å²) in [6, 6.07) is 10.0. The normalized spacial score (nSPS) is 12.9. The smallest absolute Gasteiger partial charge is 0.191 e. The number of hydrogen-bond donors (Lipinski definition) is 3. The molecule has 0 saturated heterocycles. The zero-order chi connectivity index (χ0) is 17.5. The zero-order valence-electron chi connectivity index (χ0n) is 15.1. The van der Waals surface area contributed by atoms with Crippen molar-refractivity contribution in [3.63, 3.8) is 0 Å². The van der Waals surface area contributed by atoms with Gasteiger partial charge in [-0.05, 0) is 25.3 Å². The second-order valence-electron chi connectivity index (χ2n) is 5.76. The maximum atomic E-state index is 9.61. The SMILES string of the molecule is CCCCOCCCNC(=NCC(CO)c1ccccc1)NCC. The van der Waals surface area contributed by atoms with Crippen LogP contribution in [-0.4, -0.2) is 50.5 Å². The van der Waals surface area contributed by atoms with Crippen molar-refractivity contribution in [1.29, 1.82) is 0 Å². The van der Waals surface area contributed by atoms with E-state index in [1.54, 1.807) is 0 Å². The third-order valence-electron chi connectivity index (χ3n) is 3.71. The number of hydrogen-bond acceptors (Lipinski definition) is 3. The maximum Gasteiger partial charge on any atom is 0.191 e. The van der Waals surface area contributed by atoms with Crippen LogP contribution in [0.4, 0.5) is 0 Å². The molecule has 0 spiro atoms. The van der Waals surface area contributed by atoms with Gasteiger partial charge >= 0.3 is 0 Å². The van der Waals surface area contributed by atoms with Crippen LogP contribution in [0.3, 0.4) is 0 Å². The Morgan fingerprint density at radius 2 is 1.88 bits per heavy atom. The Hall–Kier alpha value is -1.59. The molecule has 1 aromatic carbocycles. The van der Waals surface area contributed by atoms with Crippen molar-refractivity contribution in [1.82, 2.24) is 10.6 Å². The lowest BCUT2D eigenvalue weighted by Gasteiger charge is -2.15. The van der Waals surface area contributed by atoms with Crippen molar-refractivity contribution < 1.29 is 9.84 Å². The summed E-state index contributed by atoms with van der Waals surface area (Å²) in [6.07, 6.45) is 3.25. The van der Waals surface area contributed by atoms with Crippen molar-refractivity contribution in [2.75, 3.05) is 39.5 Å². The standard InChI is InChI=1S/C19H33N3O2/c1-3-5-13-24-14-9-12-21-19(20-4-2)22-15-18(16-23)17-10-7-6-8-11-17/h6-8,10-11,18,23H,3-5,9,12-16H2,1-2H3,(H2,20,21,22). The van der Waals surface area contributed by atoms with Crippen molar-refractivity contribution in [2.45, 2.75) is 39.0 Å². The fraction of sp³-hybridized carbons (Fsp3) is 0.632. The number of benzene rings is 1. The molecule has 0 amide bonds. The number of nitrogens with zero attached hydrogens (tertiary/aromatic N) is 1. The monoisotopic (exact) mass is 335 g/mol. The molecule has 0 heterocycles. The quantitative estimate of drug-likeness (QED) is 0.312. The lowest BCUT2D eigenvalue weighted by atomic mass is 10.0. The Balaban J connectivity index is 2.38. The summed E-state index contributed by atoms with van der Waals surface area (Å²) in [5.74, 6) is 0.819. The van der Waals surface area contributed by atoms with E-state index < -0.39 is 0 Å². The van der Waals surface area contributed by atoms with E-state index in [0.29, 0.717) is 6.54 Å². The van der Waals surface area contributed by atoms with Gasteiger partial charge in [0.05, 0.1) is 13.2 Å². The Kier molecular flexibility index (Phi) is 11.8. The van der Waals surface area contributed by atoms with Crippen LogP contribution in [0, 0.1) is 0 Å². The summed E-state index contributed by atoms with van der Waals surface area (Å²) in [4.78, 5) is 4.60. The summed E-state index contributed by atoms with van der Waals surface area (Å²) in [5.41, 5.74) is 1.11. The Morgan fingerprint density at radius 3 is 2.54 bits per heavy atom. The molecule has 5 nitrogen and oxygen atoms in total. The molecule has 1 unspecified atom stereocenters. The molecule has 0 aliphatic heterocycles. The van der Waals surface area contributed by atoms with Gasteiger partial charge in [-0.2, -0.15) is 0 Å². The summed E-state index contributed by atoms with van der Waals surface area (Å²) >= 11 is 0. The summed E-state index contributed by atoms with van der Waals surface area (Å²) in [6.45, 7) is 8.13. The predicted molar refractivity (Wildman–Crippen MR) is 101 cm³/mol. The lowest BCUT2D eigenvalue weighted by Crippen LogP contribution is -2.38. The summed E-state index contributed by atoms with van der Waals surface area (Å²) in [5, 5.41) is 16.2. The van der Waals surface area contributed by atoms with Crippen molar-refractivity contribution >= 4 is 5.96 Å². The van der Waals surface area contributed by atoms with E-state index in [4.69, 9.17) is 4.74 Å². The molecule has 0 aliphatic rings. The molecule has 3 N–H and O–H groups in total. The number of nitrogens with one attached hydrogen (secondary N) is 2. The third kappa shape index (κ3) is 8.89. The number of unbranched alkanes of at least 4 members (excludes halogenated alkanes) is 1. The second-order valence-corrected chi connectivity index (χ2v) is 5.76. The Labute approximate surface area is 146 Å². The van der Waals surface area contributed by atoms with Crippen LogP contribution in [0.5, 0.6) is 0 Å². The molecular formula is C19H33N3O2. The molecule has 0 radical (unpaired) electrons. The number of guanidine groups is 1. The first kappa shape index (κ1) is 20.5. The molecule has 1 rings (SSSR count). The highest BCUT2D eigenvalue weighted by atomic mass is 16.5. The highest BCUT2D eigenvalue weighted by Gasteiger charge is 2.09. The fourth-order valence-corrected chi connectivity index (χ4v) is 2.27. The van der Waals surface area contributed by atoms with Gasteiger partial charge in [-0.15, -0.1) is 0 Å². The first-order valence-corrected chi connectivity index (χ1v) is 9.07. The summed E-state index contributed by atoms with van der Waals surface area (Å²) < 4.78 is 5.56. The molecule has 0 bridgehead atoms. The van der Waals surface area contributed by atoms with Gasteiger partial charge in [0.25, 0.3) is 0 Å². The number of rotatable bonds is 12. The summed E-state index contributed by atoms with van der Waals surface area (Å²) in [7, 11) is 0. The molecule has 0 aromatic heterocycles. The Morgan fingerprint density at radius 1 is 1.12 bits per heavy atom. The maximum absolute atomic E-state index is 9.61. The van der Waals surface area contributed by atoms with Crippen LogP contribution >= 0.6 is 0 Å². The van der Waals surface area contributed by atoms with Crippen LogP contribution < -0.4 is 10.6 Å². The van der Waals surface area contributed by atoms with Crippen LogP contribution in [-0.2, 0) is 4.74 Å². The van der Waals surface area contributed by atoms with Gasteiger partial charge in [0, 0.05) is 32.2 Å². The van der Waals surface area contributed by atoms with Crippen LogP contribution in [0.1, 0.15) is 44.6 Å². The fourth-order valence-electron chi connectivity index (χ4n) is 2.27. The molecule has 1 atom stereocenters. The van der Waals surface area contributed by atoms with E-state index in [1.165, 1.54) is 6.42 Å². The van der Waals surface area contributed by atoms with E-state index in [1.807, 2.05) is 37.3 Å². The lowest BCUT2D eigenvalue weighted by molar-refractivity contribution is 0.129. The van der Waals surface area contributed by atoms with Crippen molar-refractivity contribution in [3.8, 4) is 0 Å². The molecule has 5 heteroatoms. The molecule has 24 heavy (non-hydrogen) atoms. The van der Waals surface area contributed by atoms with Gasteiger partial charge in [0.15, 0.2) is 5.96 Å². The van der Waals surface area contributed by atoms with Crippen molar-refractivity contribution in [2.24, 2.45) is 4.99 Å². The molecule has 0 aliphatic carbocycles. The van der Waals surface area contributed by atoms with Gasteiger partial charge < -0.3 is 20.5 Å². The third-order valence-corrected chi connectivity index (χ3v) is 3.71. The minimum absolute atomic E-state index is 0.0269. The largest absolute Gasteiger partial charge is 0.396 e. The molecule has 0 saturated carbocycles. The van der Waals surface area contributed by atoms with Crippen LogP contribution in [0.2, 0.25) is 0 Å². The number of ether oxygens (including phenoxy) is 1. The predicted octanol–water partition coefficient (Wildman–Crippen LogP) is 2.52. The highest BCUT2D eigenvalue weighted by molar-refractivity contribution is 5.79. The second kappa shape index (κ2) is 13.8. The van der Waals surface area contributed by atoms with Gasteiger partial charge in [0.1, 0.15) is 0 Å². The van der Waals surface area contributed by atoms with Gasteiger partial charge in [-0.25, -0.2) is 0 Å². The van der Waals surface area contributed by atoms with E-state index >= 15 is 0 Å². The number of aliphatic imine (C=N–C) groups is 1. The zero-order valence-corrected chi connectivity index (χ0v) is 15.1. The van der Waals surface area contributed by atoms with Gasteiger partial charge in [0.2, 0.25) is 0 Å². The number of aliphatic hydroxyl groups excluding tert-OH is 1. The first-order chi connectivity index (χ1) is 11.8. The molecular weight excluding hydrogens is 302 g/mol. The molecule has 0 fully saturated rings. The Bertz CT molecular complexity index is 437. The van der Waals surface area contributed by atoms with Gasteiger partial charge in [-0.3, -0.25) is 4.99 Å².